The summed E-state index contributed by atoms with van der Waals surface area (Å²) in [6.07, 6.45) is 2.04. The van der Waals surface area contributed by atoms with Gasteiger partial charge in [0.1, 0.15) is 0 Å². The van der Waals surface area contributed by atoms with E-state index >= 15 is 0 Å². The lowest BCUT2D eigenvalue weighted by Crippen LogP contribution is -2.14. The number of ketones is 1. The van der Waals surface area contributed by atoms with E-state index in [0.717, 1.165) is 18.4 Å². The lowest BCUT2D eigenvalue weighted by atomic mass is 9.84. The largest absolute Gasteiger partial charge is 0.324 e. The molecule has 0 bridgehead atoms. The third-order valence-electron chi connectivity index (χ3n) is 3.58. The number of nitrogens with two attached hydrogens (primary N) is 1. The molecular formula is C16H15NO. The first-order valence-electron chi connectivity index (χ1n) is 6.24. The maximum Gasteiger partial charge on any atom is 0.176 e. The van der Waals surface area contributed by atoms with Crippen molar-refractivity contribution in [3.05, 3.63) is 59.2 Å². The van der Waals surface area contributed by atoms with Gasteiger partial charge in [-0.05, 0) is 41.2 Å². The first-order chi connectivity index (χ1) is 8.79. The van der Waals surface area contributed by atoms with Crippen LogP contribution in [0.25, 0.3) is 11.1 Å². The van der Waals surface area contributed by atoms with Crippen LogP contribution in [0.15, 0.2) is 42.5 Å². The minimum Gasteiger partial charge on any atom is -0.324 e. The molecule has 0 atom stereocenters. The summed E-state index contributed by atoms with van der Waals surface area (Å²) in [4.78, 5) is 11.6. The van der Waals surface area contributed by atoms with Crippen LogP contribution in [-0.2, 0) is 12.8 Å². The molecule has 3 rings (SSSR count). The van der Waals surface area contributed by atoms with Crippen LogP contribution >= 0.6 is 0 Å². The number of Topliss-reactive ketones (excluding diaryl/α,β-unsaturated/α-hetero) is 1. The second-order valence-corrected chi connectivity index (χ2v) is 4.66. The first kappa shape index (κ1) is 11.2. The van der Waals surface area contributed by atoms with E-state index in [1.54, 1.807) is 0 Å². The molecule has 0 spiro atoms. The average Bonchev–Trinajstić information content (AvgIpc) is 2.45. The summed E-state index contributed by atoms with van der Waals surface area (Å²) in [5.41, 5.74) is 11.3. The van der Waals surface area contributed by atoms with E-state index in [4.69, 9.17) is 5.73 Å². The Morgan fingerprint density at radius 3 is 2.56 bits per heavy atom. The Kier molecular flexibility index (Phi) is 2.73. The van der Waals surface area contributed by atoms with Crippen molar-refractivity contribution in [3.8, 4) is 11.1 Å². The quantitative estimate of drug-likeness (QED) is 0.816. The molecule has 1 aliphatic rings. The summed E-state index contributed by atoms with van der Waals surface area (Å²) >= 11 is 0. The van der Waals surface area contributed by atoms with E-state index in [9.17, 15) is 4.79 Å². The van der Waals surface area contributed by atoms with Crippen molar-refractivity contribution in [1.82, 2.24) is 0 Å². The Balaban J connectivity index is 2.11. The highest BCUT2D eigenvalue weighted by Gasteiger charge is 2.16. The number of rotatable bonds is 2. The van der Waals surface area contributed by atoms with Gasteiger partial charge in [-0.3, -0.25) is 4.79 Å². The number of benzene rings is 2. The van der Waals surface area contributed by atoms with Crippen LogP contribution in [0.1, 0.15) is 21.5 Å². The molecule has 2 aromatic rings. The second kappa shape index (κ2) is 4.39. The van der Waals surface area contributed by atoms with Gasteiger partial charge in [-0.1, -0.05) is 36.4 Å². The molecule has 0 fully saturated rings. The molecule has 2 heteroatoms. The van der Waals surface area contributed by atoms with Crippen molar-refractivity contribution in [2.24, 2.45) is 5.73 Å². The number of carbonyl (C=O) groups is 1. The molecular weight excluding hydrogens is 222 g/mol. The summed E-state index contributed by atoms with van der Waals surface area (Å²) in [5.74, 6) is 0.0108. The standard InChI is InChI=1S/C16H15NO/c17-10-16(18)13-7-8-15-12(9-13)6-5-11-3-1-2-4-14(11)15/h1-4,7-9H,5-6,10,17H2. The van der Waals surface area contributed by atoms with Crippen LogP contribution in [-0.4, -0.2) is 12.3 Å². The van der Waals surface area contributed by atoms with Crippen molar-refractivity contribution in [2.75, 3.05) is 6.54 Å². The molecule has 1 aliphatic carbocycles. The predicted molar refractivity (Wildman–Crippen MR) is 72.7 cm³/mol. The van der Waals surface area contributed by atoms with Crippen LogP contribution in [0.2, 0.25) is 0 Å². The smallest absolute Gasteiger partial charge is 0.176 e. The molecule has 0 radical (unpaired) electrons. The lowest BCUT2D eigenvalue weighted by Gasteiger charge is -2.20. The van der Waals surface area contributed by atoms with E-state index in [-0.39, 0.29) is 12.3 Å². The summed E-state index contributed by atoms with van der Waals surface area (Å²) in [7, 11) is 0. The zero-order valence-corrected chi connectivity index (χ0v) is 10.1. The van der Waals surface area contributed by atoms with E-state index in [1.807, 2.05) is 12.1 Å². The molecule has 0 unspecified atom stereocenters. The number of hydrogen-bond donors (Lipinski definition) is 1. The van der Waals surface area contributed by atoms with Crippen LogP contribution < -0.4 is 5.73 Å². The summed E-state index contributed by atoms with van der Waals surface area (Å²) < 4.78 is 0. The van der Waals surface area contributed by atoms with Gasteiger partial charge in [-0.2, -0.15) is 0 Å². The number of fused-ring (bicyclic) bond motifs is 3. The Morgan fingerprint density at radius 1 is 1.00 bits per heavy atom. The molecule has 2 nitrogen and oxygen atoms in total. The van der Waals surface area contributed by atoms with Crippen LogP contribution in [0, 0.1) is 0 Å². The van der Waals surface area contributed by atoms with Gasteiger partial charge >= 0.3 is 0 Å². The first-order valence-corrected chi connectivity index (χ1v) is 6.24. The van der Waals surface area contributed by atoms with Crippen molar-refractivity contribution >= 4 is 5.78 Å². The second-order valence-electron chi connectivity index (χ2n) is 4.66. The molecule has 0 saturated carbocycles. The zero-order valence-electron chi connectivity index (χ0n) is 10.1. The summed E-state index contributed by atoms with van der Waals surface area (Å²) in [6.45, 7) is 0.0787. The molecule has 0 aliphatic heterocycles. The van der Waals surface area contributed by atoms with Gasteiger partial charge in [0.15, 0.2) is 5.78 Å². The van der Waals surface area contributed by atoms with Gasteiger partial charge in [0, 0.05) is 5.56 Å². The van der Waals surface area contributed by atoms with E-state index in [2.05, 4.69) is 30.3 Å². The van der Waals surface area contributed by atoms with Gasteiger partial charge in [-0.25, -0.2) is 0 Å². The van der Waals surface area contributed by atoms with Gasteiger partial charge in [0.25, 0.3) is 0 Å². The molecule has 0 amide bonds. The van der Waals surface area contributed by atoms with Crippen molar-refractivity contribution in [2.45, 2.75) is 12.8 Å². The summed E-state index contributed by atoms with van der Waals surface area (Å²) in [5, 5.41) is 0. The van der Waals surface area contributed by atoms with Crippen LogP contribution in [0.3, 0.4) is 0 Å². The minimum atomic E-state index is 0.0108. The van der Waals surface area contributed by atoms with Crippen molar-refractivity contribution < 1.29 is 4.79 Å². The minimum absolute atomic E-state index is 0.0108. The normalized spacial score (nSPS) is 12.7. The highest BCUT2D eigenvalue weighted by molar-refractivity contribution is 5.98. The monoisotopic (exact) mass is 237 g/mol. The van der Waals surface area contributed by atoms with Crippen LogP contribution in [0.4, 0.5) is 0 Å². The van der Waals surface area contributed by atoms with E-state index < -0.39 is 0 Å². The number of carbonyl (C=O) groups excluding carboxylic acids is 1. The average molecular weight is 237 g/mol. The predicted octanol–water partition coefficient (Wildman–Crippen LogP) is 2.59. The Bertz CT molecular complexity index is 616. The fourth-order valence-corrected chi connectivity index (χ4v) is 2.63. The molecule has 0 saturated heterocycles. The fraction of sp³-hybridized carbons (Fsp3) is 0.188. The maximum atomic E-state index is 11.6. The summed E-state index contributed by atoms with van der Waals surface area (Å²) in [6, 6.07) is 14.4. The van der Waals surface area contributed by atoms with Crippen molar-refractivity contribution in [1.29, 1.82) is 0 Å². The zero-order chi connectivity index (χ0) is 12.5. The molecule has 2 aromatic carbocycles. The Hall–Kier alpha value is -1.93. The van der Waals surface area contributed by atoms with Gasteiger partial charge in [0.2, 0.25) is 0 Å². The van der Waals surface area contributed by atoms with Gasteiger partial charge in [0.05, 0.1) is 6.54 Å². The van der Waals surface area contributed by atoms with E-state index in [0.29, 0.717) is 0 Å². The van der Waals surface area contributed by atoms with E-state index in [1.165, 1.54) is 22.3 Å². The molecule has 18 heavy (non-hydrogen) atoms. The van der Waals surface area contributed by atoms with Gasteiger partial charge in [-0.15, -0.1) is 0 Å². The maximum absolute atomic E-state index is 11.6. The molecule has 2 N–H and O–H groups in total. The number of hydrogen-bond acceptors (Lipinski definition) is 2. The SMILES string of the molecule is NCC(=O)c1ccc2c(c1)CCc1ccccc1-2. The lowest BCUT2D eigenvalue weighted by molar-refractivity contribution is 0.100. The highest BCUT2D eigenvalue weighted by atomic mass is 16.1. The Labute approximate surface area is 106 Å². The molecule has 0 heterocycles. The highest BCUT2D eigenvalue weighted by Crippen LogP contribution is 2.33. The third kappa shape index (κ3) is 1.75. The number of aryl methyl sites for hydroxylation is 2. The third-order valence-corrected chi connectivity index (χ3v) is 3.58. The molecule has 90 valence electrons. The topological polar surface area (TPSA) is 43.1 Å². The Morgan fingerprint density at radius 2 is 1.72 bits per heavy atom. The fourth-order valence-electron chi connectivity index (χ4n) is 2.63. The van der Waals surface area contributed by atoms with Crippen molar-refractivity contribution in [3.63, 3.8) is 0 Å². The van der Waals surface area contributed by atoms with Gasteiger partial charge < -0.3 is 5.73 Å². The molecule has 0 aromatic heterocycles. The van der Waals surface area contributed by atoms with Crippen LogP contribution in [0.5, 0.6) is 0 Å².